The highest BCUT2D eigenvalue weighted by atomic mass is 35.5. The predicted octanol–water partition coefficient (Wildman–Crippen LogP) is 7.75. The SMILES string of the molecule is Cc1ccc2nc(-c3c(F)cccc3Cl)oc(=O)c2c1.O=c1oc(-c2ccccc2NS(=O)(=O)c2ccc(F)cc2)nc2ccccc12. The molecule has 0 atom stereocenters. The summed E-state index contributed by atoms with van der Waals surface area (Å²) >= 11 is 5.95. The van der Waals surface area contributed by atoms with Crippen molar-refractivity contribution < 1.29 is 26.0 Å². The van der Waals surface area contributed by atoms with E-state index >= 15 is 0 Å². The first-order chi connectivity index (χ1) is 23.0. The molecule has 0 unspecified atom stereocenters. The van der Waals surface area contributed by atoms with Gasteiger partial charge in [-0.05, 0) is 79.7 Å². The number of para-hydroxylation sites is 2. The second kappa shape index (κ2) is 13.2. The van der Waals surface area contributed by atoms with Crippen LogP contribution in [-0.2, 0) is 10.0 Å². The molecule has 5 aromatic carbocycles. The molecule has 0 bridgehead atoms. The zero-order chi connectivity index (χ0) is 34.0. The fourth-order valence-corrected chi connectivity index (χ4v) is 6.03. The van der Waals surface area contributed by atoms with Crippen LogP contribution in [0.15, 0.2) is 133 Å². The standard InChI is InChI=1S/C20H13FN2O4S.C15H9ClFNO2/c21-13-9-11-14(12-10-13)28(25,26)23-18-8-4-1-5-15(18)19-22-17-7-3-2-6-16(17)20(24)27-19;1-8-5-6-12-9(7-8)15(19)20-14(18-12)13-10(16)3-2-4-11(13)17/h1-12,23H;2-7H,1H3. The Labute approximate surface area is 276 Å². The lowest BCUT2D eigenvalue weighted by Crippen LogP contribution is -2.14. The number of nitrogens with one attached hydrogen (secondary N) is 1. The molecule has 9 nitrogen and oxygen atoms in total. The molecule has 48 heavy (non-hydrogen) atoms. The number of nitrogens with zero attached hydrogens (tertiary/aromatic N) is 2. The fraction of sp³-hybridized carbons (Fsp3) is 0.0286. The van der Waals surface area contributed by atoms with Crippen molar-refractivity contribution in [3.8, 4) is 22.9 Å². The van der Waals surface area contributed by atoms with E-state index in [0.29, 0.717) is 27.4 Å². The third-order valence-electron chi connectivity index (χ3n) is 7.02. The molecule has 7 rings (SSSR count). The van der Waals surface area contributed by atoms with E-state index in [0.717, 1.165) is 29.8 Å². The molecule has 0 spiro atoms. The van der Waals surface area contributed by atoms with Crippen molar-refractivity contribution in [2.24, 2.45) is 0 Å². The molecule has 240 valence electrons. The quantitative estimate of drug-likeness (QED) is 0.195. The number of hydrogen-bond donors (Lipinski definition) is 1. The van der Waals surface area contributed by atoms with Crippen LogP contribution in [0.3, 0.4) is 0 Å². The molecule has 0 saturated carbocycles. The van der Waals surface area contributed by atoms with Crippen LogP contribution in [0.4, 0.5) is 14.5 Å². The van der Waals surface area contributed by atoms with E-state index in [-0.39, 0.29) is 33.0 Å². The number of halogens is 3. The Hall–Kier alpha value is -5.72. The molecule has 0 aliphatic heterocycles. The van der Waals surface area contributed by atoms with E-state index in [9.17, 15) is 26.8 Å². The van der Waals surface area contributed by atoms with Gasteiger partial charge in [0.2, 0.25) is 11.8 Å². The van der Waals surface area contributed by atoms with Gasteiger partial charge in [0, 0.05) is 0 Å². The largest absolute Gasteiger partial charge is 0.403 e. The second-order valence-electron chi connectivity index (χ2n) is 10.4. The summed E-state index contributed by atoms with van der Waals surface area (Å²) in [6, 6.07) is 27.0. The molecule has 0 aliphatic carbocycles. The molecule has 0 amide bonds. The van der Waals surface area contributed by atoms with E-state index in [4.69, 9.17) is 20.4 Å². The number of fused-ring (bicyclic) bond motifs is 2. The highest BCUT2D eigenvalue weighted by Gasteiger charge is 2.19. The third-order valence-corrected chi connectivity index (χ3v) is 8.72. The number of benzene rings is 5. The Balaban J connectivity index is 0.000000177. The van der Waals surface area contributed by atoms with Crippen LogP contribution in [-0.4, -0.2) is 18.4 Å². The molecule has 0 aliphatic rings. The van der Waals surface area contributed by atoms with E-state index in [1.807, 2.05) is 13.0 Å². The Bertz CT molecular complexity index is 2540. The highest BCUT2D eigenvalue weighted by molar-refractivity contribution is 7.92. The number of sulfonamides is 1. The summed E-state index contributed by atoms with van der Waals surface area (Å²) in [6.45, 7) is 1.86. The highest BCUT2D eigenvalue weighted by Crippen LogP contribution is 2.30. The summed E-state index contributed by atoms with van der Waals surface area (Å²) in [4.78, 5) is 32.6. The number of aromatic nitrogens is 2. The predicted molar refractivity (Wildman–Crippen MR) is 178 cm³/mol. The van der Waals surface area contributed by atoms with Gasteiger partial charge in [0.1, 0.15) is 11.6 Å². The molecule has 13 heteroatoms. The topological polar surface area (TPSA) is 132 Å². The zero-order valence-electron chi connectivity index (χ0n) is 24.8. The van der Waals surface area contributed by atoms with Crippen molar-refractivity contribution >= 4 is 49.1 Å². The van der Waals surface area contributed by atoms with Gasteiger partial charge in [0.15, 0.2) is 0 Å². The van der Waals surface area contributed by atoms with E-state index in [1.54, 1.807) is 54.6 Å². The Morgan fingerprint density at radius 1 is 0.708 bits per heavy atom. The minimum Gasteiger partial charge on any atom is -0.403 e. The van der Waals surface area contributed by atoms with Gasteiger partial charge in [-0.3, -0.25) is 4.72 Å². The summed E-state index contributed by atoms with van der Waals surface area (Å²) in [5.41, 5.74) is 1.14. The number of aryl methyl sites for hydroxylation is 1. The number of hydrogen-bond acceptors (Lipinski definition) is 8. The minimum absolute atomic E-state index is 0.00579. The third kappa shape index (κ3) is 6.70. The van der Waals surface area contributed by atoms with Crippen LogP contribution in [0.25, 0.3) is 44.7 Å². The lowest BCUT2D eigenvalue weighted by Gasteiger charge is -2.12. The van der Waals surface area contributed by atoms with Crippen molar-refractivity contribution in [3.05, 3.63) is 152 Å². The van der Waals surface area contributed by atoms with Gasteiger partial charge in [0.25, 0.3) is 10.0 Å². The molecular weight excluding hydrogens is 664 g/mol. The van der Waals surface area contributed by atoms with Crippen molar-refractivity contribution in [1.29, 1.82) is 0 Å². The van der Waals surface area contributed by atoms with Crippen LogP contribution in [0.1, 0.15) is 5.56 Å². The van der Waals surface area contributed by atoms with Crippen molar-refractivity contribution in [3.63, 3.8) is 0 Å². The van der Waals surface area contributed by atoms with E-state index in [1.165, 1.54) is 24.3 Å². The first-order valence-corrected chi connectivity index (χ1v) is 16.0. The first-order valence-electron chi connectivity index (χ1n) is 14.1. The maximum absolute atomic E-state index is 13.8. The van der Waals surface area contributed by atoms with Crippen LogP contribution in [0.5, 0.6) is 0 Å². The number of rotatable bonds is 5. The molecule has 0 radical (unpaired) electrons. The fourth-order valence-electron chi connectivity index (χ4n) is 4.70. The summed E-state index contributed by atoms with van der Waals surface area (Å²) in [7, 11) is -3.98. The maximum Gasteiger partial charge on any atom is 0.347 e. The lowest BCUT2D eigenvalue weighted by molar-refractivity contribution is 0.511. The molecule has 0 saturated heterocycles. The zero-order valence-corrected chi connectivity index (χ0v) is 26.4. The summed E-state index contributed by atoms with van der Waals surface area (Å²) in [6.07, 6.45) is 0. The van der Waals surface area contributed by atoms with Crippen LogP contribution in [0.2, 0.25) is 5.02 Å². The Morgan fingerprint density at radius 3 is 2.12 bits per heavy atom. The van der Waals surface area contributed by atoms with Gasteiger partial charge >= 0.3 is 11.3 Å². The average Bonchev–Trinajstić information content (AvgIpc) is 3.06. The Morgan fingerprint density at radius 2 is 1.35 bits per heavy atom. The molecule has 2 aromatic heterocycles. The lowest BCUT2D eigenvalue weighted by atomic mass is 10.1. The molecule has 1 N–H and O–H groups in total. The normalized spacial score (nSPS) is 11.2. The summed E-state index contributed by atoms with van der Waals surface area (Å²) in [5, 5.41) is 0.837. The van der Waals surface area contributed by atoms with Gasteiger partial charge in [-0.25, -0.2) is 36.8 Å². The molecule has 7 aromatic rings. The van der Waals surface area contributed by atoms with Gasteiger partial charge in [-0.1, -0.05) is 53.6 Å². The maximum atomic E-state index is 13.8. The Kier molecular flexibility index (Phi) is 8.85. The summed E-state index contributed by atoms with van der Waals surface area (Å²) < 4.78 is 65.0. The molecular formula is C35H22ClF2N3O6S. The first kappa shape index (κ1) is 32.2. The second-order valence-corrected chi connectivity index (χ2v) is 12.4. The van der Waals surface area contributed by atoms with Gasteiger partial charge in [-0.15, -0.1) is 0 Å². The smallest absolute Gasteiger partial charge is 0.347 e. The van der Waals surface area contributed by atoms with Crippen LogP contribution in [0, 0.1) is 18.6 Å². The molecule has 2 heterocycles. The molecule has 0 fully saturated rings. The number of anilines is 1. The van der Waals surface area contributed by atoms with E-state index in [2.05, 4.69) is 14.7 Å². The van der Waals surface area contributed by atoms with Crippen LogP contribution < -0.4 is 16.0 Å². The van der Waals surface area contributed by atoms with E-state index < -0.39 is 32.9 Å². The average molecular weight is 686 g/mol. The van der Waals surface area contributed by atoms with Gasteiger partial charge < -0.3 is 8.83 Å². The minimum atomic E-state index is -3.98. The summed E-state index contributed by atoms with van der Waals surface area (Å²) in [5.74, 6) is -1.25. The monoisotopic (exact) mass is 685 g/mol. The van der Waals surface area contributed by atoms with Gasteiger partial charge in [0.05, 0.1) is 48.5 Å². The van der Waals surface area contributed by atoms with Crippen molar-refractivity contribution in [2.45, 2.75) is 11.8 Å². The van der Waals surface area contributed by atoms with Gasteiger partial charge in [-0.2, -0.15) is 0 Å². The van der Waals surface area contributed by atoms with Crippen molar-refractivity contribution in [1.82, 2.24) is 9.97 Å². The van der Waals surface area contributed by atoms with Crippen molar-refractivity contribution in [2.75, 3.05) is 4.72 Å². The van der Waals surface area contributed by atoms with Crippen LogP contribution >= 0.6 is 11.6 Å².